The highest BCUT2D eigenvalue weighted by molar-refractivity contribution is 5.87. The minimum Gasteiger partial charge on any atom is -0.494 e. The second kappa shape index (κ2) is 10.3. The third-order valence-corrected chi connectivity index (χ3v) is 4.47. The maximum Gasteiger partial charge on any atom is 0.330 e. The average molecular weight is 406 g/mol. The molecule has 2 aromatic carbocycles. The van der Waals surface area contributed by atoms with Gasteiger partial charge in [-0.25, -0.2) is 9.48 Å². The molecule has 3 rings (SSSR count). The van der Waals surface area contributed by atoms with E-state index in [9.17, 15) is 4.79 Å². The van der Waals surface area contributed by atoms with Gasteiger partial charge in [-0.3, -0.25) is 0 Å². The normalized spacial score (nSPS) is 10.9. The van der Waals surface area contributed by atoms with Crippen molar-refractivity contribution in [3.8, 4) is 17.2 Å². The van der Waals surface area contributed by atoms with E-state index in [4.69, 9.17) is 14.2 Å². The van der Waals surface area contributed by atoms with E-state index < -0.39 is 5.97 Å². The van der Waals surface area contributed by atoms with Crippen molar-refractivity contribution in [2.24, 2.45) is 0 Å². The molecule has 30 heavy (non-hydrogen) atoms. The second-order valence-corrected chi connectivity index (χ2v) is 6.59. The fourth-order valence-electron chi connectivity index (χ4n) is 3.02. The van der Waals surface area contributed by atoms with Crippen LogP contribution in [0.25, 0.3) is 11.8 Å². The third-order valence-electron chi connectivity index (χ3n) is 4.47. The molecule has 0 spiro atoms. The highest BCUT2D eigenvalue weighted by Gasteiger charge is 2.11. The lowest BCUT2D eigenvalue weighted by atomic mass is 10.2. The first-order chi connectivity index (χ1) is 14.6. The van der Waals surface area contributed by atoms with Gasteiger partial charge in [-0.1, -0.05) is 18.2 Å². The van der Waals surface area contributed by atoms with Crippen LogP contribution in [-0.4, -0.2) is 35.6 Å². The van der Waals surface area contributed by atoms with Crippen LogP contribution in [0.15, 0.2) is 60.7 Å². The van der Waals surface area contributed by atoms with Gasteiger partial charge in [0.05, 0.1) is 18.0 Å². The van der Waals surface area contributed by atoms with Crippen molar-refractivity contribution in [3.05, 3.63) is 77.6 Å². The molecule has 0 atom stereocenters. The van der Waals surface area contributed by atoms with Crippen molar-refractivity contribution in [2.75, 3.05) is 19.8 Å². The van der Waals surface area contributed by atoms with Gasteiger partial charge in [0.25, 0.3) is 0 Å². The van der Waals surface area contributed by atoms with Crippen molar-refractivity contribution in [1.29, 1.82) is 0 Å². The number of carbonyl (C=O) groups excluding carboxylic acids is 1. The van der Waals surface area contributed by atoms with E-state index in [2.05, 4.69) is 5.10 Å². The summed E-state index contributed by atoms with van der Waals surface area (Å²) in [7, 11) is 0. The first-order valence-corrected chi connectivity index (χ1v) is 9.90. The maximum atomic E-state index is 12.0. The molecule has 1 aromatic heterocycles. The number of para-hydroxylation sites is 1. The van der Waals surface area contributed by atoms with E-state index >= 15 is 0 Å². The van der Waals surface area contributed by atoms with E-state index in [1.54, 1.807) is 6.08 Å². The number of ether oxygens (including phenoxy) is 3. The van der Waals surface area contributed by atoms with Crippen molar-refractivity contribution < 1.29 is 19.0 Å². The number of aromatic nitrogens is 2. The average Bonchev–Trinajstić information content (AvgIpc) is 3.05. The highest BCUT2D eigenvalue weighted by atomic mass is 16.6. The maximum absolute atomic E-state index is 12.0. The Bertz CT molecular complexity index is 992. The lowest BCUT2D eigenvalue weighted by Crippen LogP contribution is -2.10. The second-order valence-electron chi connectivity index (χ2n) is 6.59. The molecule has 0 aliphatic heterocycles. The van der Waals surface area contributed by atoms with Crippen molar-refractivity contribution in [1.82, 2.24) is 9.78 Å². The molecule has 1 heterocycles. The summed E-state index contributed by atoms with van der Waals surface area (Å²) >= 11 is 0. The number of nitrogens with zero attached hydrogens (tertiary/aromatic N) is 2. The SMILES string of the molecule is CCOc1ccc(OCCOC(=O)/C=C/c2c(C)nn(-c3ccccc3)c2C)cc1. The monoisotopic (exact) mass is 406 g/mol. The Morgan fingerprint density at radius 1 is 0.967 bits per heavy atom. The van der Waals surface area contributed by atoms with Gasteiger partial charge in [0.2, 0.25) is 0 Å². The molecule has 0 amide bonds. The standard InChI is InChI=1S/C24H26N2O4/c1-4-28-21-10-12-22(13-11-21)29-16-17-30-24(27)15-14-23-18(2)25-26(19(23)3)20-8-6-5-7-9-20/h5-15H,4,16-17H2,1-3H3/b15-14+. The van der Waals surface area contributed by atoms with Crippen molar-refractivity contribution in [2.45, 2.75) is 20.8 Å². The van der Waals surface area contributed by atoms with Gasteiger partial charge in [-0.15, -0.1) is 0 Å². The van der Waals surface area contributed by atoms with Crippen LogP contribution in [0, 0.1) is 13.8 Å². The van der Waals surface area contributed by atoms with Crippen LogP contribution >= 0.6 is 0 Å². The van der Waals surface area contributed by atoms with E-state index in [1.165, 1.54) is 6.08 Å². The Labute approximate surface area is 176 Å². The number of carbonyl (C=O) groups is 1. The predicted molar refractivity (Wildman–Crippen MR) is 116 cm³/mol. The minimum absolute atomic E-state index is 0.164. The van der Waals surface area contributed by atoms with Crippen LogP contribution < -0.4 is 9.47 Å². The van der Waals surface area contributed by atoms with Gasteiger partial charge in [0, 0.05) is 17.3 Å². The molecule has 0 saturated carbocycles. The van der Waals surface area contributed by atoms with Gasteiger partial charge in [0.15, 0.2) is 0 Å². The van der Waals surface area contributed by atoms with Crippen LogP contribution in [-0.2, 0) is 9.53 Å². The molecule has 6 nitrogen and oxygen atoms in total. The summed E-state index contributed by atoms with van der Waals surface area (Å²) in [6.07, 6.45) is 3.16. The van der Waals surface area contributed by atoms with Gasteiger partial charge >= 0.3 is 5.97 Å². The Hall–Kier alpha value is -3.54. The van der Waals surface area contributed by atoms with E-state index in [-0.39, 0.29) is 13.2 Å². The molecule has 0 saturated heterocycles. The Morgan fingerprint density at radius 2 is 1.63 bits per heavy atom. The third kappa shape index (κ3) is 5.50. The van der Waals surface area contributed by atoms with Crippen LogP contribution in [0.4, 0.5) is 0 Å². The van der Waals surface area contributed by atoms with Crippen molar-refractivity contribution in [3.63, 3.8) is 0 Å². The summed E-state index contributed by atoms with van der Waals surface area (Å²) in [6.45, 7) is 6.89. The molecule has 0 aliphatic rings. The molecular formula is C24H26N2O4. The Balaban J connectivity index is 1.50. The Kier molecular flexibility index (Phi) is 7.27. The fraction of sp³-hybridized carbons (Fsp3) is 0.250. The summed E-state index contributed by atoms with van der Waals surface area (Å²) < 4.78 is 18.0. The zero-order chi connectivity index (χ0) is 21.3. The first-order valence-electron chi connectivity index (χ1n) is 9.90. The molecular weight excluding hydrogens is 380 g/mol. The van der Waals surface area contributed by atoms with Crippen LogP contribution in [0.1, 0.15) is 23.9 Å². The molecule has 156 valence electrons. The molecule has 0 radical (unpaired) electrons. The van der Waals surface area contributed by atoms with Crippen LogP contribution in [0.3, 0.4) is 0 Å². The van der Waals surface area contributed by atoms with Gasteiger partial charge in [-0.2, -0.15) is 5.10 Å². The number of benzene rings is 2. The van der Waals surface area contributed by atoms with Gasteiger partial charge in [0.1, 0.15) is 24.7 Å². The predicted octanol–water partition coefficient (Wildman–Crippen LogP) is 4.52. The fourth-order valence-corrected chi connectivity index (χ4v) is 3.02. The summed E-state index contributed by atoms with van der Waals surface area (Å²) in [5.41, 5.74) is 3.69. The Morgan fingerprint density at radius 3 is 2.30 bits per heavy atom. The lowest BCUT2D eigenvalue weighted by molar-refractivity contribution is -0.138. The smallest absolute Gasteiger partial charge is 0.330 e. The van der Waals surface area contributed by atoms with Crippen LogP contribution in [0.5, 0.6) is 11.5 Å². The molecule has 6 heteroatoms. The number of aryl methyl sites for hydroxylation is 1. The van der Waals surface area contributed by atoms with Gasteiger partial charge < -0.3 is 14.2 Å². The number of rotatable bonds is 9. The topological polar surface area (TPSA) is 62.6 Å². The molecule has 0 N–H and O–H groups in total. The summed E-state index contributed by atoms with van der Waals surface area (Å²) in [5, 5.41) is 4.57. The van der Waals surface area contributed by atoms with Gasteiger partial charge in [-0.05, 0) is 63.2 Å². The van der Waals surface area contributed by atoms with E-state index in [1.807, 2.05) is 80.1 Å². The number of esters is 1. The minimum atomic E-state index is -0.420. The largest absolute Gasteiger partial charge is 0.494 e. The number of hydrogen-bond acceptors (Lipinski definition) is 5. The van der Waals surface area contributed by atoms with E-state index in [0.29, 0.717) is 12.4 Å². The van der Waals surface area contributed by atoms with Crippen LogP contribution in [0.2, 0.25) is 0 Å². The molecule has 0 fully saturated rings. The highest BCUT2D eigenvalue weighted by Crippen LogP contribution is 2.19. The molecule has 0 bridgehead atoms. The first kappa shape index (κ1) is 21.2. The zero-order valence-electron chi connectivity index (χ0n) is 17.5. The van der Waals surface area contributed by atoms with E-state index in [0.717, 1.165) is 28.4 Å². The summed E-state index contributed by atoms with van der Waals surface area (Å²) in [4.78, 5) is 12.0. The quantitative estimate of drug-likeness (QED) is 0.297. The molecule has 0 aliphatic carbocycles. The number of hydrogen-bond donors (Lipinski definition) is 0. The molecule has 3 aromatic rings. The lowest BCUT2D eigenvalue weighted by Gasteiger charge is -2.07. The summed E-state index contributed by atoms with van der Waals surface area (Å²) in [5.74, 6) is 1.07. The molecule has 0 unspecified atom stereocenters. The van der Waals surface area contributed by atoms with Crippen molar-refractivity contribution >= 4 is 12.0 Å². The summed E-state index contributed by atoms with van der Waals surface area (Å²) in [6, 6.07) is 17.2. The zero-order valence-corrected chi connectivity index (χ0v) is 17.5.